The van der Waals surface area contributed by atoms with Gasteiger partial charge in [-0.2, -0.15) is 0 Å². The molecule has 0 aliphatic heterocycles. The maximum atomic E-state index is 12.3. The molecular formula is C18H12N3O5S-. The topological polar surface area (TPSA) is 124 Å². The Hall–Kier alpha value is -3.72. The molecule has 0 bridgehead atoms. The van der Waals surface area contributed by atoms with Gasteiger partial charge in [-0.05, 0) is 35.7 Å². The molecule has 9 heteroatoms. The van der Waals surface area contributed by atoms with Crippen LogP contribution in [0.2, 0.25) is 0 Å². The van der Waals surface area contributed by atoms with Crippen molar-refractivity contribution in [1.29, 1.82) is 0 Å². The maximum Gasteiger partial charge on any atom is 0.271 e. The maximum absolute atomic E-state index is 12.3. The van der Waals surface area contributed by atoms with Gasteiger partial charge >= 0.3 is 0 Å². The van der Waals surface area contributed by atoms with E-state index in [9.17, 15) is 24.8 Å². The van der Waals surface area contributed by atoms with E-state index in [1.54, 1.807) is 29.6 Å². The van der Waals surface area contributed by atoms with Crippen LogP contribution in [0.15, 0.2) is 60.0 Å². The number of thiophene rings is 1. The molecule has 0 radical (unpaired) electrons. The highest BCUT2D eigenvalue weighted by atomic mass is 32.1. The fourth-order valence-corrected chi connectivity index (χ4v) is 2.85. The summed E-state index contributed by atoms with van der Waals surface area (Å²) in [5.74, 6) is -1.38. The van der Waals surface area contributed by atoms with Crippen LogP contribution in [0.5, 0.6) is 5.75 Å². The van der Waals surface area contributed by atoms with E-state index < -0.39 is 16.6 Å². The molecule has 2 amide bonds. The Labute approximate surface area is 157 Å². The van der Waals surface area contributed by atoms with E-state index in [-0.39, 0.29) is 22.8 Å². The van der Waals surface area contributed by atoms with E-state index in [1.807, 2.05) is 0 Å². The van der Waals surface area contributed by atoms with Crippen LogP contribution >= 0.6 is 11.3 Å². The first-order valence-corrected chi connectivity index (χ1v) is 8.54. The molecule has 0 atom stereocenters. The van der Waals surface area contributed by atoms with Crippen LogP contribution in [0.3, 0.4) is 0 Å². The number of nitro groups is 1. The van der Waals surface area contributed by atoms with Gasteiger partial charge in [0.2, 0.25) is 0 Å². The van der Waals surface area contributed by atoms with E-state index in [1.165, 1.54) is 23.5 Å². The summed E-state index contributed by atoms with van der Waals surface area (Å²) in [5.41, 5.74) is 0.264. The van der Waals surface area contributed by atoms with Crippen molar-refractivity contribution in [2.24, 2.45) is 0 Å². The van der Waals surface area contributed by atoms with Crippen molar-refractivity contribution in [1.82, 2.24) is 0 Å². The van der Waals surface area contributed by atoms with Crippen molar-refractivity contribution in [2.75, 3.05) is 10.6 Å². The fourth-order valence-electron chi connectivity index (χ4n) is 2.23. The molecule has 1 aromatic heterocycles. The Morgan fingerprint density at radius 1 is 0.963 bits per heavy atom. The van der Waals surface area contributed by atoms with Crippen molar-refractivity contribution >= 4 is 40.2 Å². The lowest BCUT2D eigenvalue weighted by atomic mass is 10.1. The Balaban J connectivity index is 1.70. The molecule has 1 heterocycles. The monoisotopic (exact) mass is 382 g/mol. The highest BCUT2D eigenvalue weighted by molar-refractivity contribution is 7.12. The minimum absolute atomic E-state index is 0.177. The number of nitrogens with one attached hydrogen (secondary N) is 2. The van der Waals surface area contributed by atoms with Gasteiger partial charge in [0.15, 0.2) is 0 Å². The predicted octanol–water partition coefficient (Wildman–Crippen LogP) is 3.23. The average molecular weight is 382 g/mol. The lowest BCUT2D eigenvalue weighted by molar-refractivity contribution is -0.385. The summed E-state index contributed by atoms with van der Waals surface area (Å²) in [6.07, 6.45) is 0. The van der Waals surface area contributed by atoms with Crippen LogP contribution in [-0.4, -0.2) is 16.7 Å². The van der Waals surface area contributed by atoms with E-state index in [0.717, 1.165) is 18.2 Å². The van der Waals surface area contributed by atoms with E-state index in [0.29, 0.717) is 10.6 Å². The third-order valence-electron chi connectivity index (χ3n) is 3.57. The van der Waals surface area contributed by atoms with E-state index in [4.69, 9.17) is 0 Å². The van der Waals surface area contributed by atoms with E-state index >= 15 is 0 Å². The minimum Gasteiger partial charge on any atom is -0.871 e. The molecule has 0 saturated carbocycles. The Morgan fingerprint density at radius 3 is 2.33 bits per heavy atom. The molecule has 2 aromatic carbocycles. The number of nitrogens with zero attached hydrogens (tertiary/aromatic N) is 1. The van der Waals surface area contributed by atoms with Crippen LogP contribution in [0.1, 0.15) is 20.0 Å². The minimum atomic E-state index is -0.653. The number of hydrogen-bond acceptors (Lipinski definition) is 6. The summed E-state index contributed by atoms with van der Waals surface area (Å²) in [5, 5.41) is 29.4. The van der Waals surface area contributed by atoms with Gasteiger partial charge in [-0.25, -0.2) is 0 Å². The molecule has 0 spiro atoms. The summed E-state index contributed by atoms with van der Waals surface area (Å²) >= 11 is 1.31. The molecule has 0 aliphatic carbocycles. The highest BCUT2D eigenvalue weighted by Crippen LogP contribution is 2.26. The first kappa shape index (κ1) is 18.1. The van der Waals surface area contributed by atoms with Crippen molar-refractivity contribution in [2.45, 2.75) is 0 Å². The molecule has 0 saturated heterocycles. The van der Waals surface area contributed by atoms with Gasteiger partial charge in [0, 0.05) is 29.1 Å². The summed E-state index contributed by atoms with van der Waals surface area (Å²) in [7, 11) is 0. The zero-order valence-corrected chi connectivity index (χ0v) is 14.5. The second kappa shape index (κ2) is 7.67. The van der Waals surface area contributed by atoms with Gasteiger partial charge in [0.25, 0.3) is 17.5 Å². The van der Waals surface area contributed by atoms with Crippen molar-refractivity contribution in [3.8, 4) is 5.75 Å². The van der Waals surface area contributed by atoms with Crippen molar-refractivity contribution < 1.29 is 19.6 Å². The van der Waals surface area contributed by atoms with Gasteiger partial charge in [0.05, 0.1) is 9.80 Å². The van der Waals surface area contributed by atoms with Gasteiger partial charge in [0.1, 0.15) is 0 Å². The van der Waals surface area contributed by atoms with Crippen LogP contribution in [-0.2, 0) is 0 Å². The molecule has 0 unspecified atom stereocenters. The zero-order chi connectivity index (χ0) is 19.4. The van der Waals surface area contributed by atoms with Crippen molar-refractivity contribution in [3.63, 3.8) is 0 Å². The first-order chi connectivity index (χ1) is 12.9. The SMILES string of the molecule is O=C(Nc1cc([N+](=O)[O-])ccc1[O-])c1ccc(NC(=O)c2cccs2)cc1. The molecule has 2 N–H and O–H groups in total. The highest BCUT2D eigenvalue weighted by Gasteiger charge is 2.12. The third kappa shape index (κ3) is 4.28. The molecule has 3 rings (SSSR count). The normalized spacial score (nSPS) is 10.2. The number of nitro benzene ring substituents is 1. The number of carbonyl (C=O) groups is 2. The van der Waals surface area contributed by atoms with Crippen LogP contribution < -0.4 is 15.7 Å². The first-order valence-electron chi connectivity index (χ1n) is 7.66. The molecule has 136 valence electrons. The third-order valence-corrected chi connectivity index (χ3v) is 4.44. The standard InChI is InChI=1S/C18H13N3O5S/c22-15-8-7-13(21(25)26)10-14(15)20-17(23)11-3-5-12(6-4-11)19-18(24)16-2-1-9-27-16/h1-10,22H,(H,19,24)(H,20,23)/p-1. The second-order valence-corrected chi connectivity index (χ2v) is 6.35. The number of carbonyl (C=O) groups excluding carboxylic acids is 2. The number of benzene rings is 2. The van der Waals surface area contributed by atoms with Crippen LogP contribution in [0.4, 0.5) is 17.1 Å². The van der Waals surface area contributed by atoms with Crippen molar-refractivity contribution in [3.05, 3.63) is 80.5 Å². The van der Waals surface area contributed by atoms with Gasteiger partial charge in [-0.15, -0.1) is 11.3 Å². The second-order valence-electron chi connectivity index (χ2n) is 5.40. The lowest BCUT2D eigenvalue weighted by Crippen LogP contribution is -2.14. The molecule has 27 heavy (non-hydrogen) atoms. The molecule has 3 aromatic rings. The molecule has 0 fully saturated rings. The smallest absolute Gasteiger partial charge is 0.271 e. The predicted molar refractivity (Wildman–Crippen MR) is 99.2 cm³/mol. The lowest BCUT2D eigenvalue weighted by Gasteiger charge is -2.14. The molecule has 8 nitrogen and oxygen atoms in total. The van der Waals surface area contributed by atoms with Gasteiger partial charge < -0.3 is 15.7 Å². The zero-order valence-electron chi connectivity index (χ0n) is 13.7. The number of amides is 2. The summed E-state index contributed by atoms with van der Waals surface area (Å²) < 4.78 is 0. The summed E-state index contributed by atoms with van der Waals surface area (Å²) in [6.45, 7) is 0. The van der Waals surface area contributed by atoms with Gasteiger partial charge in [-0.3, -0.25) is 19.7 Å². The molecule has 0 aliphatic rings. The number of rotatable bonds is 5. The Bertz CT molecular complexity index is 1000. The van der Waals surface area contributed by atoms with E-state index in [2.05, 4.69) is 10.6 Å². The Morgan fingerprint density at radius 2 is 1.70 bits per heavy atom. The van der Waals surface area contributed by atoms with Crippen LogP contribution in [0, 0.1) is 10.1 Å². The number of hydrogen-bond donors (Lipinski definition) is 2. The summed E-state index contributed by atoms with van der Waals surface area (Å²) in [6, 6.07) is 12.6. The summed E-state index contributed by atoms with van der Waals surface area (Å²) in [4.78, 5) is 34.9. The van der Waals surface area contributed by atoms with Crippen LogP contribution in [0.25, 0.3) is 0 Å². The largest absolute Gasteiger partial charge is 0.871 e. The fraction of sp³-hybridized carbons (Fsp3) is 0. The number of non-ortho nitro benzene ring substituents is 1. The number of anilines is 2. The molecular weight excluding hydrogens is 370 g/mol. The quantitative estimate of drug-likeness (QED) is 0.518. The average Bonchev–Trinajstić information content (AvgIpc) is 3.18. The van der Waals surface area contributed by atoms with Gasteiger partial charge in [-0.1, -0.05) is 17.9 Å². The Kier molecular flexibility index (Phi) is 5.13.